The molecule has 1 saturated heterocycles. The molecule has 2 rings (SSSR count). The molecule has 0 aromatic heterocycles. The van der Waals surface area contributed by atoms with Crippen LogP contribution in [0.2, 0.25) is 0 Å². The molecular weight excluding hydrogens is 340 g/mol. The number of carbonyl (C=O) groups is 2. The first-order valence-corrected chi connectivity index (χ1v) is 8.38. The highest BCUT2D eigenvalue weighted by Crippen LogP contribution is 2.27. The highest BCUT2D eigenvalue weighted by molar-refractivity contribution is 5.84. The largest absolute Gasteiger partial charge is 0.490 e. The van der Waals surface area contributed by atoms with Gasteiger partial charge in [0, 0.05) is 13.1 Å². The second-order valence-electron chi connectivity index (χ2n) is 5.58. The standard InChI is InChI=1S/C17H24N4O5/c1-2-25-15-9-13(3-4-14(15)26-12-16(18)22)10-19-20-17(23)11-21-5-7-24-8-6-21/h3-4,9-10H,2,5-8,11-12H2,1H3,(H2,18,22)(H,20,23)/b19-10+. The molecule has 0 bridgehead atoms. The number of ether oxygens (including phenoxy) is 3. The highest BCUT2D eigenvalue weighted by atomic mass is 16.5. The molecule has 1 heterocycles. The summed E-state index contributed by atoms with van der Waals surface area (Å²) >= 11 is 0. The summed E-state index contributed by atoms with van der Waals surface area (Å²) in [5.74, 6) is 0.132. The van der Waals surface area contributed by atoms with Crippen LogP contribution in [-0.4, -0.2) is 69.0 Å². The summed E-state index contributed by atoms with van der Waals surface area (Å²) in [5.41, 5.74) is 8.29. The predicted octanol–water partition coefficient (Wildman–Crippen LogP) is -0.268. The van der Waals surface area contributed by atoms with Crippen molar-refractivity contribution in [3.63, 3.8) is 0 Å². The van der Waals surface area contributed by atoms with Crippen LogP contribution in [0.5, 0.6) is 11.5 Å². The topological polar surface area (TPSA) is 115 Å². The zero-order valence-corrected chi connectivity index (χ0v) is 14.8. The van der Waals surface area contributed by atoms with E-state index in [2.05, 4.69) is 10.5 Å². The Kier molecular flexibility index (Phi) is 7.84. The van der Waals surface area contributed by atoms with Crippen LogP contribution in [0.15, 0.2) is 23.3 Å². The van der Waals surface area contributed by atoms with E-state index in [0.717, 1.165) is 13.1 Å². The van der Waals surface area contributed by atoms with Crippen molar-refractivity contribution in [3.05, 3.63) is 23.8 Å². The Morgan fingerprint density at radius 1 is 1.31 bits per heavy atom. The van der Waals surface area contributed by atoms with Gasteiger partial charge < -0.3 is 19.9 Å². The van der Waals surface area contributed by atoms with Crippen LogP contribution in [0, 0.1) is 0 Å². The van der Waals surface area contributed by atoms with Crippen molar-refractivity contribution in [1.82, 2.24) is 10.3 Å². The SMILES string of the molecule is CCOc1cc(/C=N/NC(=O)CN2CCOCC2)ccc1OCC(N)=O. The Labute approximate surface area is 152 Å². The second-order valence-corrected chi connectivity index (χ2v) is 5.58. The van der Waals surface area contributed by atoms with Gasteiger partial charge in [-0.25, -0.2) is 5.43 Å². The van der Waals surface area contributed by atoms with Crippen molar-refractivity contribution in [1.29, 1.82) is 0 Å². The Morgan fingerprint density at radius 2 is 2.08 bits per heavy atom. The van der Waals surface area contributed by atoms with Crippen molar-refractivity contribution in [3.8, 4) is 11.5 Å². The fourth-order valence-electron chi connectivity index (χ4n) is 2.32. The maximum atomic E-state index is 11.9. The molecule has 1 aliphatic heterocycles. The van der Waals surface area contributed by atoms with E-state index in [1.807, 2.05) is 11.8 Å². The van der Waals surface area contributed by atoms with Crippen LogP contribution in [0.3, 0.4) is 0 Å². The molecule has 9 nitrogen and oxygen atoms in total. The summed E-state index contributed by atoms with van der Waals surface area (Å²) in [7, 11) is 0. The van der Waals surface area contributed by atoms with Gasteiger partial charge in [-0.1, -0.05) is 0 Å². The van der Waals surface area contributed by atoms with Crippen LogP contribution in [0.1, 0.15) is 12.5 Å². The predicted molar refractivity (Wildman–Crippen MR) is 95.3 cm³/mol. The van der Waals surface area contributed by atoms with Gasteiger partial charge >= 0.3 is 0 Å². The Hall–Kier alpha value is -2.65. The molecule has 0 unspecified atom stereocenters. The third kappa shape index (κ3) is 6.69. The summed E-state index contributed by atoms with van der Waals surface area (Å²) in [5, 5.41) is 3.96. The number of nitrogens with one attached hydrogen (secondary N) is 1. The molecule has 26 heavy (non-hydrogen) atoms. The molecule has 0 atom stereocenters. The van der Waals surface area contributed by atoms with Crippen LogP contribution in [0.4, 0.5) is 0 Å². The second kappa shape index (κ2) is 10.4. The van der Waals surface area contributed by atoms with Gasteiger partial charge in [-0.3, -0.25) is 14.5 Å². The average Bonchev–Trinajstić information content (AvgIpc) is 2.62. The number of hydrogen-bond acceptors (Lipinski definition) is 7. The Bertz CT molecular complexity index is 644. The van der Waals surface area contributed by atoms with Crippen molar-refractivity contribution in [2.45, 2.75) is 6.92 Å². The third-order valence-electron chi connectivity index (χ3n) is 3.51. The number of carbonyl (C=O) groups excluding carboxylic acids is 2. The summed E-state index contributed by atoms with van der Waals surface area (Å²) in [6, 6.07) is 5.10. The van der Waals surface area contributed by atoms with Crippen molar-refractivity contribution in [2.24, 2.45) is 10.8 Å². The first-order valence-electron chi connectivity index (χ1n) is 8.38. The van der Waals surface area contributed by atoms with E-state index >= 15 is 0 Å². The van der Waals surface area contributed by atoms with E-state index in [9.17, 15) is 9.59 Å². The van der Waals surface area contributed by atoms with E-state index in [0.29, 0.717) is 36.9 Å². The fraction of sp³-hybridized carbons (Fsp3) is 0.471. The summed E-state index contributed by atoms with van der Waals surface area (Å²) in [6.45, 7) is 5.08. The summed E-state index contributed by atoms with van der Waals surface area (Å²) in [4.78, 5) is 24.7. The monoisotopic (exact) mass is 364 g/mol. The van der Waals surface area contributed by atoms with Gasteiger partial charge in [-0.15, -0.1) is 0 Å². The van der Waals surface area contributed by atoms with Gasteiger partial charge in [-0.2, -0.15) is 5.10 Å². The van der Waals surface area contributed by atoms with E-state index < -0.39 is 5.91 Å². The zero-order valence-electron chi connectivity index (χ0n) is 14.8. The molecule has 0 radical (unpaired) electrons. The maximum absolute atomic E-state index is 11.9. The van der Waals surface area contributed by atoms with Crippen molar-refractivity contribution < 1.29 is 23.8 Å². The number of nitrogens with zero attached hydrogens (tertiary/aromatic N) is 2. The minimum atomic E-state index is -0.568. The molecule has 1 fully saturated rings. The van der Waals surface area contributed by atoms with Crippen LogP contribution in [-0.2, 0) is 14.3 Å². The Morgan fingerprint density at radius 3 is 2.77 bits per heavy atom. The van der Waals surface area contributed by atoms with E-state index in [1.165, 1.54) is 6.21 Å². The van der Waals surface area contributed by atoms with Crippen LogP contribution < -0.4 is 20.6 Å². The first kappa shape index (κ1) is 19.7. The van der Waals surface area contributed by atoms with E-state index in [4.69, 9.17) is 19.9 Å². The molecule has 0 aliphatic carbocycles. The molecule has 1 aromatic rings. The van der Waals surface area contributed by atoms with Gasteiger partial charge in [0.05, 0.1) is 32.6 Å². The summed E-state index contributed by atoms with van der Waals surface area (Å²) < 4.78 is 16.0. The molecule has 3 N–H and O–H groups in total. The van der Waals surface area contributed by atoms with Crippen LogP contribution >= 0.6 is 0 Å². The van der Waals surface area contributed by atoms with Crippen molar-refractivity contribution >= 4 is 18.0 Å². The Balaban J connectivity index is 1.90. The molecule has 0 spiro atoms. The lowest BCUT2D eigenvalue weighted by Crippen LogP contribution is -2.42. The molecule has 142 valence electrons. The van der Waals surface area contributed by atoms with E-state index in [-0.39, 0.29) is 19.1 Å². The fourth-order valence-corrected chi connectivity index (χ4v) is 2.32. The van der Waals surface area contributed by atoms with E-state index in [1.54, 1.807) is 18.2 Å². The molecule has 1 aliphatic rings. The minimum Gasteiger partial charge on any atom is -0.490 e. The zero-order chi connectivity index (χ0) is 18.8. The molecule has 2 amide bonds. The van der Waals surface area contributed by atoms with Gasteiger partial charge in [0.25, 0.3) is 11.8 Å². The number of hydrazone groups is 1. The van der Waals surface area contributed by atoms with Gasteiger partial charge in [0.1, 0.15) is 0 Å². The summed E-state index contributed by atoms with van der Waals surface area (Å²) in [6.07, 6.45) is 1.51. The number of nitrogens with two attached hydrogens (primary N) is 1. The molecular formula is C17H24N4O5. The average molecular weight is 364 g/mol. The number of rotatable bonds is 9. The maximum Gasteiger partial charge on any atom is 0.255 e. The molecule has 0 saturated carbocycles. The van der Waals surface area contributed by atoms with Gasteiger partial charge in [0.2, 0.25) is 0 Å². The molecule has 9 heteroatoms. The minimum absolute atomic E-state index is 0.186. The number of hydrogen-bond donors (Lipinski definition) is 2. The third-order valence-corrected chi connectivity index (χ3v) is 3.51. The normalized spacial score (nSPS) is 15.0. The quantitative estimate of drug-likeness (QED) is 0.460. The van der Waals surface area contributed by atoms with Gasteiger partial charge in [-0.05, 0) is 30.7 Å². The number of primary amides is 1. The van der Waals surface area contributed by atoms with Crippen molar-refractivity contribution in [2.75, 3.05) is 46.1 Å². The smallest absolute Gasteiger partial charge is 0.255 e. The number of amides is 2. The van der Waals surface area contributed by atoms with Crippen LogP contribution in [0.25, 0.3) is 0 Å². The number of morpholine rings is 1. The number of benzene rings is 1. The lowest BCUT2D eigenvalue weighted by Gasteiger charge is -2.25. The van der Waals surface area contributed by atoms with Gasteiger partial charge in [0.15, 0.2) is 18.1 Å². The highest BCUT2D eigenvalue weighted by Gasteiger charge is 2.13. The first-order chi connectivity index (χ1) is 12.6. The lowest BCUT2D eigenvalue weighted by molar-refractivity contribution is -0.123. The lowest BCUT2D eigenvalue weighted by atomic mass is 10.2. The molecule has 1 aromatic carbocycles.